The standard InChI is InChI=1S/C26H21Cl2F2N5O2/c27-17-3-7-20(22(28)9-17)25-11-24(33-34-25)16-1-5-19(6-2-16)37-13-26(36,12-35-15-31-14-32-35)21-8-4-18(29)10-23(21)30/h1-10,14-15,25,34,36H,11-13H2. The Bertz CT molecular complexity index is 1430. The molecule has 0 saturated heterocycles. The van der Waals surface area contributed by atoms with Gasteiger partial charge in [0.2, 0.25) is 0 Å². The van der Waals surface area contributed by atoms with Crippen LogP contribution in [0.2, 0.25) is 10.0 Å². The maximum Gasteiger partial charge on any atom is 0.146 e. The van der Waals surface area contributed by atoms with Gasteiger partial charge in [0.25, 0.3) is 0 Å². The molecule has 1 aromatic heterocycles. The molecule has 0 saturated carbocycles. The van der Waals surface area contributed by atoms with Crippen molar-refractivity contribution in [1.29, 1.82) is 0 Å². The van der Waals surface area contributed by atoms with E-state index in [1.807, 2.05) is 18.2 Å². The second-order valence-electron chi connectivity index (χ2n) is 8.67. The Morgan fingerprint density at radius 3 is 2.59 bits per heavy atom. The van der Waals surface area contributed by atoms with Crippen molar-refractivity contribution in [3.05, 3.63) is 112 Å². The Morgan fingerprint density at radius 2 is 1.89 bits per heavy atom. The Kier molecular flexibility index (Phi) is 7.10. The van der Waals surface area contributed by atoms with Gasteiger partial charge in [0.1, 0.15) is 42.2 Å². The van der Waals surface area contributed by atoms with Crippen LogP contribution in [-0.4, -0.2) is 32.2 Å². The molecule has 2 heterocycles. The molecule has 5 rings (SSSR count). The molecule has 0 fully saturated rings. The molecule has 7 nitrogen and oxygen atoms in total. The molecule has 1 aliphatic heterocycles. The molecule has 2 unspecified atom stereocenters. The van der Waals surface area contributed by atoms with E-state index in [0.717, 1.165) is 29.0 Å². The summed E-state index contributed by atoms with van der Waals surface area (Å²) in [6.45, 7) is -0.459. The normalized spacial score (nSPS) is 16.7. The third-order valence-electron chi connectivity index (χ3n) is 6.08. The average Bonchev–Trinajstić information content (AvgIpc) is 3.56. The van der Waals surface area contributed by atoms with Gasteiger partial charge in [-0.15, -0.1) is 0 Å². The third kappa shape index (κ3) is 5.58. The van der Waals surface area contributed by atoms with E-state index in [2.05, 4.69) is 20.6 Å². The van der Waals surface area contributed by atoms with Gasteiger partial charge in [-0.3, -0.25) is 0 Å². The maximum absolute atomic E-state index is 14.6. The van der Waals surface area contributed by atoms with Crippen LogP contribution in [0, 0.1) is 11.6 Å². The number of nitrogens with one attached hydrogen (secondary N) is 1. The summed E-state index contributed by atoms with van der Waals surface area (Å²) in [5.41, 5.74) is 3.80. The lowest BCUT2D eigenvalue weighted by atomic mass is 9.94. The van der Waals surface area contributed by atoms with Gasteiger partial charge < -0.3 is 15.3 Å². The summed E-state index contributed by atoms with van der Waals surface area (Å²) in [5.74, 6) is -1.18. The molecular weight excluding hydrogens is 523 g/mol. The van der Waals surface area contributed by atoms with Gasteiger partial charge in [-0.25, -0.2) is 18.4 Å². The Balaban J connectivity index is 1.28. The topological polar surface area (TPSA) is 84.6 Å². The Labute approximate surface area is 221 Å². The van der Waals surface area contributed by atoms with Crippen LogP contribution < -0.4 is 10.2 Å². The minimum atomic E-state index is -1.84. The van der Waals surface area contributed by atoms with Crippen LogP contribution in [0.15, 0.2) is 78.4 Å². The fourth-order valence-electron chi connectivity index (χ4n) is 4.19. The van der Waals surface area contributed by atoms with Crippen LogP contribution >= 0.6 is 23.2 Å². The van der Waals surface area contributed by atoms with Crippen LogP contribution in [-0.2, 0) is 12.1 Å². The molecule has 0 radical (unpaired) electrons. The largest absolute Gasteiger partial charge is 0.490 e. The fraction of sp³-hybridized carbons (Fsp3) is 0.192. The van der Waals surface area contributed by atoms with E-state index in [-0.39, 0.29) is 24.8 Å². The smallest absolute Gasteiger partial charge is 0.146 e. The van der Waals surface area contributed by atoms with Gasteiger partial charge in [-0.1, -0.05) is 35.3 Å². The molecule has 0 bridgehead atoms. The van der Waals surface area contributed by atoms with E-state index in [9.17, 15) is 13.9 Å². The zero-order valence-corrected chi connectivity index (χ0v) is 20.8. The molecule has 3 aromatic carbocycles. The summed E-state index contributed by atoms with van der Waals surface area (Å²) >= 11 is 12.3. The molecular formula is C26H21Cl2F2N5O2. The van der Waals surface area contributed by atoms with Crippen LogP contribution in [0.1, 0.15) is 29.2 Å². The molecule has 0 aliphatic carbocycles. The molecule has 0 spiro atoms. The van der Waals surface area contributed by atoms with Gasteiger partial charge in [0, 0.05) is 28.1 Å². The Hall–Kier alpha value is -3.53. The Morgan fingerprint density at radius 1 is 1.08 bits per heavy atom. The molecule has 11 heteroatoms. The lowest BCUT2D eigenvalue weighted by Gasteiger charge is -2.29. The van der Waals surface area contributed by atoms with Crippen molar-refractivity contribution in [2.24, 2.45) is 5.10 Å². The summed E-state index contributed by atoms with van der Waals surface area (Å²) in [6.07, 6.45) is 3.32. The number of aliphatic hydroxyl groups is 1. The minimum Gasteiger partial charge on any atom is -0.490 e. The number of benzene rings is 3. The highest BCUT2D eigenvalue weighted by Gasteiger charge is 2.35. The molecule has 1 aliphatic rings. The van der Waals surface area contributed by atoms with Crippen LogP contribution in [0.3, 0.4) is 0 Å². The molecule has 37 heavy (non-hydrogen) atoms. The summed E-state index contributed by atoms with van der Waals surface area (Å²) in [7, 11) is 0. The number of hydrogen-bond acceptors (Lipinski definition) is 6. The molecule has 190 valence electrons. The van der Waals surface area contributed by atoms with Gasteiger partial charge >= 0.3 is 0 Å². The SMILES string of the molecule is OC(COc1ccc(C2=NNC(c3ccc(Cl)cc3Cl)C2)cc1)(Cn1cncn1)c1ccc(F)cc1F. The molecule has 0 amide bonds. The highest BCUT2D eigenvalue weighted by Crippen LogP contribution is 2.32. The van der Waals surface area contributed by atoms with Crippen LogP contribution in [0.5, 0.6) is 5.75 Å². The van der Waals surface area contributed by atoms with Crippen molar-refractivity contribution in [1.82, 2.24) is 20.2 Å². The summed E-state index contributed by atoms with van der Waals surface area (Å²) in [5, 5.41) is 20.9. The summed E-state index contributed by atoms with van der Waals surface area (Å²) in [6, 6.07) is 15.4. The predicted molar refractivity (Wildman–Crippen MR) is 136 cm³/mol. The summed E-state index contributed by atoms with van der Waals surface area (Å²) in [4.78, 5) is 3.85. The summed E-state index contributed by atoms with van der Waals surface area (Å²) < 4.78 is 35.3. The fourth-order valence-corrected chi connectivity index (χ4v) is 4.73. The maximum atomic E-state index is 14.6. The van der Waals surface area contributed by atoms with E-state index in [1.165, 1.54) is 23.4 Å². The zero-order valence-electron chi connectivity index (χ0n) is 19.3. The van der Waals surface area contributed by atoms with Gasteiger partial charge in [-0.05, 0) is 53.6 Å². The van der Waals surface area contributed by atoms with Crippen molar-refractivity contribution in [3.63, 3.8) is 0 Å². The first kappa shape index (κ1) is 25.1. The third-order valence-corrected chi connectivity index (χ3v) is 6.64. The van der Waals surface area contributed by atoms with Crippen molar-refractivity contribution < 1.29 is 18.6 Å². The van der Waals surface area contributed by atoms with E-state index >= 15 is 0 Å². The van der Waals surface area contributed by atoms with E-state index < -0.39 is 17.2 Å². The van der Waals surface area contributed by atoms with Crippen molar-refractivity contribution in [2.45, 2.75) is 24.6 Å². The minimum absolute atomic E-state index is 0.0758. The number of nitrogens with zero attached hydrogens (tertiary/aromatic N) is 4. The van der Waals surface area contributed by atoms with Crippen molar-refractivity contribution >= 4 is 28.9 Å². The second-order valence-corrected chi connectivity index (χ2v) is 9.52. The van der Waals surface area contributed by atoms with E-state index in [4.69, 9.17) is 27.9 Å². The predicted octanol–water partition coefficient (Wildman–Crippen LogP) is 5.27. The van der Waals surface area contributed by atoms with Gasteiger partial charge in [0.05, 0.1) is 18.3 Å². The number of rotatable bonds is 8. The quantitative estimate of drug-likeness (QED) is 0.316. The van der Waals surface area contributed by atoms with Crippen LogP contribution in [0.4, 0.5) is 8.78 Å². The number of hydrogen-bond donors (Lipinski definition) is 2. The average molecular weight is 544 g/mol. The number of hydrazone groups is 1. The number of ether oxygens (including phenoxy) is 1. The van der Waals surface area contributed by atoms with Crippen LogP contribution in [0.25, 0.3) is 0 Å². The first-order chi connectivity index (χ1) is 17.8. The highest BCUT2D eigenvalue weighted by molar-refractivity contribution is 6.35. The molecule has 4 aromatic rings. The lowest BCUT2D eigenvalue weighted by Crippen LogP contribution is -2.39. The number of aromatic nitrogens is 3. The lowest BCUT2D eigenvalue weighted by molar-refractivity contribution is -0.0297. The van der Waals surface area contributed by atoms with E-state index in [0.29, 0.717) is 22.2 Å². The second kappa shape index (κ2) is 10.5. The van der Waals surface area contributed by atoms with Crippen molar-refractivity contribution in [3.8, 4) is 5.75 Å². The van der Waals surface area contributed by atoms with Gasteiger partial charge in [0.15, 0.2) is 0 Å². The monoisotopic (exact) mass is 543 g/mol. The highest BCUT2D eigenvalue weighted by atomic mass is 35.5. The number of halogens is 4. The van der Waals surface area contributed by atoms with Gasteiger partial charge in [-0.2, -0.15) is 10.2 Å². The molecule has 2 atom stereocenters. The first-order valence-corrected chi connectivity index (χ1v) is 12.1. The first-order valence-electron chi connectivity index (χ1n) is 11.3. The van der Waals surface area contributed by atoms with E-state index in [1.54, 1.807) is 24.3 Å². The zero-order chi connectivity index (χ0) is 26.0. The molecule has 2 N–H and O–H groups in total. The van der Waals surface area contributed by atoms with Crippen molar-refractivity contribution in [2.75, 3.05) is 6.61 Å².